The van der Waals surface area contributed by atoms with Gasteiger partial charge in [0, 0.05) is 19.2 Å². The fraction of sp³-hybridized carbons (Fsp3) is 1.00. The van der Waals surface area contributed by atoms with Crippen molar-refractivity contribution in [3.8, 4) is 0 Å². The van der Waals surface area contributed by atoms with Crippen LogP contribution in [0.4, 0.5) is 0 Å². The number of hydrogen-bond donors (Lipinski definition) is 2. The minimum absolute atomic E-state index is 0.299. The number of hydrogen-bond acceptors (Lipinski definition) is 3. The second-order valence-electron chi connectivity index (χ2n) is 5.70. The van der Waals surface area contributed by atoms with Gasteiger partial charge < -0.3 is 15.3 Å². The molecule has 1 saturated heterocycles. The Morgan fingerprint density at radius 2 is 1.94 bits per heavy atom. The Balaban J connectivity index is 2.23. The number of likely N-dealkylation sites (tertiary alicyclic amines) is 1. The second-order valence-corrected chi connectivity index (χ2v) is 5.70. The highest BCUT2D eigenvalue weighted by molar-refractivity contribution is 4.77. The van der Waals surface area contributed by atoms with Crippen LogP contribution in [-0.2, 0) is 0 Å². The summed E-state index contributed by atoms with van der Waals surface area (Å²) < 4.78 is 0. The van der Waals surface area contributed by atoms with Gasteiger partial charge in [0.05, 0.1) is 0 Å². The molecule has 18 heavy (non-hydrogen) atoms. The molecule has 0 bridgehead atoms. The zero-order chi connectivity index (χ0) is 13.2. The van der Waals surface area contributed by atoms with Gasteiger partial charge in [-0.25, -0.2) is 0 Å². The van der Waals surface area contributed by atoms with Gasteiger partial charge in [0.1, 0.15) is 0 Å². The van der Waals surface area contributed by atoms with Crippen molar-refractivity contribution < 1.29 is 5.11 Å². The van der Waals surface area contributed by atoms with Crippen LogP contribution in [0.1, 0.15) is 52.4 Å². The van der Waals surface area contributed by atoms with Gasteiger partial charge >= 0.3 is 0 Å². The molecular weight excluding hydrogens is 224 g/mol. The zero-order valence-corrected chi connectivity index (χ0v) is 12.3. The lowest BCUT2D eigenvalue weighted by atomic mass is 9.92. The van der Waals surface area contributed by atoms with Gasteiger partial charge in [0.15, 0.2) is 0 Å². The van der Waals surface area contributed by atoms with Crippen molar-refractivity contribution in [2.45, 2.75) is 58.4 Å². The van der Waals surface area contributed by atoms with Gasteiger partial charge in [-0.15, -0.1) is 0 Å². The third kappa shape index (κ3) is 6.17. The molecule has 1 aliphatic rings. The van der Waals surface area contributed by atoms with Gasteiger partial charge in [-0.2, -0.15) is 0 Å². The van der Waals surface area contributed by atoms with E-state index in [1.165, 1.54) is 45.2 Å². The lowest BCUT2D eigenvalue weighted by Gasteiger charge is -2.34. The third-order valence-corrected chi connectivity index (χ3v) is 4.04. The van der Waals surface area contributed by atoms with Crippen molar-refractivity contribution in [1.29, 1.82) is 0 Å². The van der Waals surface area contributed by atoms with Crippen LogP contribution >= 0.6 is 0 Å². The Bertz CT molecular complexity index is 191. The maximum atomic E-state index is 9.12. The third-order valence-electron chi connectivity index (χ3n) is 4.04. The summed E-state index contributed by atoms with van der Waals surface area (Å²) in [5.74, 6) is 0.964. The van der Waals surface area contributed by atoms with Crippen molar-refractivity contribution in [1.82, 2.24) is 10.2 Å². The van der Waals surface area contributed by atoms with E-state index < -0.39 is 0 Å². The quantitative estimate of drug-likeness (QED) is 0.664. The highest BCUT2D eigenvalue weighted by atomic mass is 16.3. The number of aliphatic hydroxyl groups is 1. The lowest BCUT2D eigenvalue weighted by molar-refractivity contribution is 0.153. The van der Waals surface area contributed by atoms with E-state index in [0.29, 0.717) is 12.6 Å². The number of aliphatic hydroxyl groups excluding tert-OH is 1. The summed E-state index contributed by atoms with van der Waals surface area (Å²) in [6.45, 7) is 9.46. The standard InChI is InChI=1S/C15H32N2O/c1-3-5-14-6-10-17(11-7-14)13-15(8-12-18)16-9-4-2/h14-16,18H,3-13H2,1-2H3. The van der Waals surface area contributed by atoms with Crippen molar-refractivity contribution in [3.05, 3.63) is 0 Å². The molecule has 1 heterocycles. The van der Waals surface area contributed by atoms with E-state index >= 15 is 0 Å². The Hall–Kier alpha value is -0.120. The summed E-state index contributed by atoms with van der Waals surface area (Å²) in [4.78, 5) is 2.58. The van der Waals surface area contributed by atoms with Gasteiger partial charge in [-0.05, 0) is 51.2 Å². The van der Waals surface area contributed by atoms with Gasteiger partial charge in [0.2, 0.25) is 0 Å². The largest absolute Gasteiger partial charge is 0.396 e. The van der Waals surface area contributed by atoms with Crippen LogP contribution < -0.4 is 5.32 Å². The van der Waals surface area contributed by atoms with E-state index in [1.54, 1.807) is 0 Å². The molecule has 0 saturated carbocycles. The Labute approximate surface area is 113 Å². The topological polar surface area (TPSA) is 35.5 Å². The Kier molecular flexibility index (Phi) is 8.64. The molecule has 1 fully saturated rings. The molecule has 3 nitrogen and oxygen atoms in total. The number of nitrogens with zero attached hydrogens (tertiary/aromatic N) is 1. The van der Waals surface area contributed by atoms with Crippen LogP contribution in [0.15, 0.2) is 0 Å². The van der Waals surface area contributed by atoms with Crippen LogP contribution in [0.25, 0.3) is 0 Å². The molecule has 2 N–H and O–H groups in total. The summed E-state index contributed by atoms with van der Waals surface area (Å²) in [5, 5.41) is 12.7. The molecule has 0 amide bonds. The van der Waals surface area contributed by atoms with E-state index in [4.69, 9.17) is 5.11 Å². The summed E-state index contributed by atoms with van der Waals surface area (Å²) >= 11 is 0. The first-order valence-corrected chi connectivity index (χ1v) is 7.86. The molecule has 1 aliphatic heterocycles. The molecule has 3 heteroatoms. The van der Waals surface area contributed by atoms with E-state index in [9.17, 15) is 0 Å². The highest BCUT2D eigenvalue weighted by Gasteiger charge is 2.20. The first-order chi connectivity index (χ1) is 8.80. The normalized spacial score (nSPS) is 20.2. The molecule has 1 unspecified atom stereocenters. The fourth-order valence-corrected chi connectivity index (χ4v) is 2.94. The van der Waals surface area contributed by atoms with Crippen LogP contribution in [0.2, 0.25) is 0 Å². The van der Waals surface area contributed by atoms with Crippen molar-refractivity contribution in [2.24, 2.45) is 5.92 Å². The maximum absolute atomic E-state index is 9.12. The first kappa shape index (κ1) is 15.9. The minimum atomic E-state index is 0.299. The number of nitrogens with one attached hydrogen (secondary N) is 1. The molecule has 1 rings (SSSR count). The monoisotopic (exact) mass is 256 g/mol. The second kappa shape index (κ2) is 9.76. The molecule has 0 aliphatic carbocycles. The van der Waals surface area contributed by atoms with E-state index in [1.807, 2.05) is 0 Å². The average Bonchev–Trinajstić information content (AvgIpc) is 2.39. The maximum Gasteiger partial charge on any atom is 0.0446 e. The molecule has 108 valence electrons. The molecule has 1 atom stereocenters. The Morgan fingerprint density at radius 1 is 1.22 bits per heavy atom. The first-order valence-electron chi connectivity index (χ1n) is 7.86. The molecule has 0 aromatic rings. The highest BCUT2D eigenvalue weighted by Crippen LogP contribution is 2.21. The van der Waals surface area contributed by atoms with Gasteiger partial charge in [-0.3, -0.25) is 0 Å². The SMILES string of the molecule is CCCNC(CCO)CN1CCC(CCC)CC1. The predicted molar refractivity (Wildman–Crippen MR) is 77.9 cm³/mol. The Morgan fingerprint density at radius 3 is 2.50 bits per heavy atom. The van der Waals surface area contributed by atoms with Crippen molar-refractivity contribution >= 4 is 0 Å². The van der Waals surface area contributed by atoms with E-state index in [-0.39, 0.29) is 0 Å². The molecule has 0 aromatic carbocycles. The van der Waals surface area contributed by atoms with Crippen LogP contribution in [-0.4, -0.2) is 48.8 Å². The lowest BCUT2D eigenvalue weighted by Crippen LogP contribution is -2.44. The van der Waals surface area contributed by atoms with Crippen molar-refractivity contribution in [2.75, 3.05) is 32.8 Å². The van der Waals surface area contributed by atoms with Gasteiger partial charge in [0.25, 0.3) is 0 Å². The predicted octanol–water partition coefficient (Wildman–Crippen LogP) is 2.25. The van der Waals surface area contributed by atoms with E-state index in [0.717, 1.165) is 25.4 Å². The summed E-state index contributed by atoms with van der Waals surface area (Å²) in [6.07, 6.45) is 7.52. The van der Waals surface area contributed by atoms with Crippen LogP contribution in [0.3, 0.4) is 0 Å². The van der Waals surface area contributed by atoms with Crippen LogP contribution in [0.5, 0.6) is 0 Å². The molecule has 0 radical (unpaired) electrons. The number of rotatable bonds is 9. The fourth-order valence-electron chi connectivity index (χ4n) is 2.94. The van der Waals surface area contributed by atoms with Crippen LogP contribution in [0, 0.1) is 5.92 Å². The van der Waals surface area contributed by atoms with Crippen molar-refractivity contribution in [3.63, 3.8) is 0 Å². The van der Waals surface area contributed by atoms with Gasteiger partial charge in [-0.1, -0.05) is 26.7 Å². The average molecular weight is 256 g/mol. The molecule has 0 aromatic heterocycles. The molecular formula is C15H32N2O. The van der Waals surface area contributed by atoms with E-state index in [2.05, 4.69) is 24.1 Å². The molecule has 0 spiro atoms. The summed E-state index contributed by atoms with van der Waals surface area (Å²) in [5.41, 5.74) is 0. The minimum Gasteiger partial charge on any atom is -0.396 e. The summed E-state index contributed by atoms with van der Waals surface area (Å²) in [7, 11) is 0. The summed E-state index contributed by atoms with van der Waals surface area (Å²) in [6, 6.07) is 0.470. The zero-order valence-electron chi connectivity index (χ0n) is 12.3. The smallest absolute Gasteiger partial charge is 0.0446 e. The number of piperidine rings is 1.